The first-order chi connectivity index (χ1) is 11.8. The van der Waals surface area contributed by atoms with Crippen molar-refractivity contribution in [2.24, 2.45) is 0 Å². The minimum atomic E-state index is -1.64. The highest BCUT2D eigenvalue weighted by Crippen LogP contribution is 2.36. The highest BCUT2D eigenvalue weighted by atomic mass is 35.5. The number of benzene rings is 1. The summed E-state index contributed by atoms with van der Waals surface area (Å²) in [6.07, 6.45) is -7.28. The van der Waals surface area contributed by atoms with E-state index in [2.05, 4.69) is 0 Å². The van der Waals surface area contributed by atoms with E-state index in [0.717, 1.165) is 0 Å². The number of carbonyl (C=O) groups is 1. The van der Waals surface area contributed by atoms with Gasteiger partial charge in [0.1, 0.15) is 41.8 Å². The Kier molecular flexibility index (Phi) is 6.58. The topological polar surface area (TPSA) is 146 Å². The molecular weight excluding hydrogens is 360 g/mol. The molecule has 1 fully saturated rings. The zero-order valence-electron chi connectivity index (χ0n) is 13.2. The van der Waals surface area contributed by atoms with Crippen molar-refractivity contribution in [2.45, 2.75) is 30.7 Å². The molecule has 0 amide bonds. The van der Waals surface area contributed by atoms with Crippen molar-refractivity contribution in [3.05, 3.63) is 22.7 Å². The molecule has 0 unspecified atom stereocenters. The van der Waals surface area contributed by atoms with Gasteiger partial charge in [0, 0.05) is 0 Å². The van der Waals surface area contributed by atoms with Gasteiger partial charge < -0.3 is 39.7 Å². The molecular formula is C15H19ClO9. The Bertz CT molecular complexity index is 623. The predicted molar refractivity (Wildman–Crippen MR) is 83.7 cm³/mol. The number of aliphatic hydroxyl groups is 4. The molecule has 140 valence electrons. The summed E-state index contributed by atoms with van der Waals surface area (Å²) in [6.45, 7) is -1.19. The van der Waals surface area contributed by atoms with E-state index < -0.39 is 49.7 Å². The summed E-state index contributed by atoms with van der Waals surface area (Å²) in [5.41, 5.74) is 0.0276. The fourth-order valence-corrected chi connectivity index (χ4v) is 2.71. The first kappa shape index (κ1) is 19.9. The number of rotatable bonds is 6. The van der Waals surface area contributed by atoms with E-state index in [1.165, 1.54) is 19.2 Å². The number of carbonyl (C=O) groups excluding carboxylic acids is 1. The smallest absolute Gasteiger partial charge is 0.192 e. The van der Waals surface area contributed by atoms with Gasteiger partial charge in [0.15, 0.2) is 17.8 Å². The number of hydrogen-bond acceptors (Lipinski definition) is 9. The van der Waals surface area contributed by atoms with Crippen molar-refractivity contribution in [1.82, 2.24) is 0 Å². The minimum Gasteiger partial charge on any atom is -0.506 e. The fraction of sp³-hybridized carbons (Fsp3) is 0.533. The highest BCUT2D eigenvalue weighted by molar-refractivity contribution is 6.34. The Hall–Kier alpha value is -1.46. The van der Waals surface area contributed by atoms with Crippen LogP contribution in [0.25, 0.3) is 0 Å². The van der Waals surface area contributed by atoms with Crippen LogP contribution in [-0.2, 0) is 9.47 Å². The van der Waals surface area contributed by atoms with Crippen molar-refractivity contribution in [2.75, 3.05) is 20.3 Å². The molecule has 1 saturated heterocycles. The van der Waals surface area contributed by atoms with Crippen LogP contribution in [-0.4, -0.2) is 82.3 Å². The number of hydrogen-bond donors (Lipinski definition) is 5. The zero-order valence-corrected chi connectivity index (χ0v) is 14.0. The summed E-state index contributed by atoms with van der Waals surface area (Å²) >= 11 is 5.86. The van der Waals surface area contributed by atoms with Gasteiger partial charge in [-0.2, -0.15) is 0 Å². The molecule has 1 aliphatic heterocycles. The highest BCUT2D eigenvalue weighted by Gasteiger charge is 2.44. The van der Waals surface area contributed by atoms with Crippen LogP contribution < -0.4 is 4.74 Å². The lowest BCUT2D eigenvalue weighted by Crippen LogP contribution is -2.59. The quantitative estimate of drug-likeness (QED) is 0.395. The number of phenols is 1. The first-order valence-corrected chi connectivity index (χ1v) is 7.70. The second kappa shape index (κ2) is 8.28. The van der Waals surface area contributed by atoms with Crippen LogP contribution in [0.15, 0.2) is 12.1 Å². The molecule has 0 spiro atoms. The van der Waals surface area contributed by atoms with Crippen LogP contribution in [0.3, 0.4) is 0 Å². The third kappa shape index (κ3) is 4.04. The lowest BCUT2D eigenvalue weighted by Gasteiger charge is -2.39. The van der Waals surface area contributed by atoms with Crippen molar-refractivity contribution in [1.29, 1.82) is 0 Å². The lowest BCUT2D eigenvalue weighted by atomic mass is 9.99. The predicted octanol–water partition coefficient (Wildman–Crippen LogP) is -0.947. The van der Waals surface area contributed by atoms with Crippen LogP contribution in [0.1, 0.15) is 10.4 Å². The van der Waals surface area contributed by atoms with E-state index in [1.807, 2.05) is 0 Å². The summed E-state index contributed by atoms with van der Waals surface area (Å²) in [5.74, 6) is -0.908. The van der Waals surface area contributed by atoms with E-state index in [0.29, 0.717) is 0 Å². The SMILES string of the molecule is COc1c(C(=O)CO[C@@H]2[C@@H](O)[C@H](O)[C@@H](CO)O[C@@H]2O)ccc(O)c1Cl. The van der Waals surface area contributed by atoms with Gasteiger partial charge in [0.25, 0.3) is 0 Å². The largest absolute Gasteiger partial charge is 0.506 e. The Labute approximate surface area is 147 Å². The number of phenolic OH excluding ortho intramolecular Hbond substituents is 1. The van der Waals surface area contributed by atoms with Crippen LogP contribution in [0, 0.1) is 0 Å². The van der Waals surface area contributed by atoms with Gasteiger partial charge in [-0.05, 0) is 12.1 Å². The monoisotopic (exact) mass is 378 g/mol. The third-order valence-corrected chi connectivity index (χ3v) is 4.20. The molecule has 1 heterocycles. The van der Waals surface area contributed by atoms with Crippen LogP contribution in [0.2, 0.25) is 5.02 Å². The summed E-state index contributed by atoms with van der Waals surface area (Å²) in [7, 11) is 1.27. The molecule has 9 nitrogen and oxygen atoms in total. The number of Topliss-reactive ketones (excluding diaryl/α,β-unsaturated/α-hetero) is 1. The standard InChI is InChI=1S/C15H19ClO9/c1-23-13-6(2-3-7(18)10(13)16)8(19)5-24-14-12(21)11(20)9(4-17)25-15(14)22/h2-3,9,11-12,14-15,17-18,20-22H,4-5H2,1H3/t9-,11-,12+,14-,15+/m1/s1. The van der Waals surface area contributed by atoms with Gasteiger partial charge in [0.2, 0.25) is 0 Å². The van der Waals surface area contributed by atoms with Crippen LogP contribution in [0.5, 0.6) is 11.5 Å². The average molecular weight is 379 g/mol. The van der Waals surface area contributed by atoms with Crippen molar-refractivity contribution >= 4 is 17.4 Å². The minimum absolute atomic E-state index is 0.0276. The maximum absolute atomic E-state index is 12.3. The molecule has 0 aromatic heterocycles. The number of ketones is 1. The van der Waals surface area contributed by atoms with Gasteiger partial charge in [-0.25, -0.2) is 0 Å². The normalized spacial score (nSPS) is 29.4. The Morgan fingerprint density at radius 1 is 1.28 bits per heavy atom. The van der Waals surface area contributed by atoms with Crippen molar-refractivity contribution in [3.8, 4) is 11.5 Å². The maximum Gasteiger partial charge on any atom is 0.192 e. The summed E-state index contributed by atoms with van der Waals surface area (Å²) in [5, 5.41) is 47.9. The summed E-state index contributed by atoms with van der Waals surface area (Å²) < 4.78 is 15.1. The van der Waals surface area contributed by atoms with E-state index in [1.54, 1.807) is 0 Å². The van der Waals surface area contributed by atoms with E-state index in [-0.39, 0.29) is 22.1 Å². The Morgan fingerprint density at radius 3 is 2.56 bits per heavy atom. The molecule has 1 aromatic carbocycles. The Balaban J connectivity index is 2.09. The second-order valence-corrected chi connectivity index (χ2v) is 5.79. The Morgan fingerprint density at radius 2 is 1.96 bits per heavy atom. The van der Waals surface area contributed by atoms with Crippen LogP contribution >= 0.6 is 11.6 Å². The summed E-state index contributed by atoms with van der Waals surface area (Å²) in [4.78, 5) is 12.3. The molecule has 0 radical (unpaired) electrons. The third-order valence-electron chi connectivity index (χ3n) is 3.83. The molecule has 25 heavy (non-hydrogen) atoms. The van der Waals surface area contributed by atoms with Gasteiger partial charge >= 0.3 is 0 Å². The molecule has 5 atom stereocenters. The molecule has 0 aliphatic carbocycles. The van der Waals surface area contributed by atoms with Gasteiger partial charge in [0.05, 0.1) is 19.3 Å². The number of aliphatic hydroxyl groups excluding tert-OH is 4. The van der Waals surface area contributed by atoms with E-state index in [4.69, 9.17) is 30.9 Å². The lowest BCUT2D eigenvalue weighted by molar-refractivity contribution is -0.294. The van der Waals surface area contributed by atoms with Gasteiger partial charge in [-0.15, -0.1) is 0 Å². The summed E-state index contributed by atoms with van der Waals surface area (Å²) in [6, 6.07) is 2.49. The van der Waals surface area contributed by atoms with E-state index >= 15 is 0 Å². The molecule has 1 aromatic rings. The second-order valence-electron chi connectivity index (χ2n) is 5.41. The molecule has 0 saturated carbocycles. The molecule has 5 N–H and O–H groups in total. The number of halogens is 1. The van der Waals surface area contributed by atoms with Crippen molar-refractivity contribution in [3.63, 3.8) is 0 Å². The van der Waals surface area contributed by atoms with Gasteiger partial charge in [-0.3, -0.25) is 4.79 Å². The number of aromatic hydroxyl groups is 1. The van der Waals surface area contributed by atoms with Crippen LogP contribution in [0.4, 0.5) is 0 Å². The first-order valence-electron chi connectivity index (χ1n) is 7.32. The number of methoxy groups -OCH3 is 1. The molecule has 2 rings (SSSR count). The van der Waals surface area contributed by atoms with E-state index in [9.17, 15) is 25.2 Å². The average Bonchev–Trinajstić information content (AvgIpc) is 2.59. The zero-order chi connectivity index (χ0) is 18.7. The molecule has 1 aliphatic rings. The molecule has 10 heteroatoms. The van der Waals surface area contributed by atoms with Crippen molar-refractivity contribution < 1.29 is 44.5 Å². The van der Waals surface area contributed by atoms with Gasteiger partial charge in [-0.1, -0.05) is 11.6 Å². The molecule has 0 bridgehead atoms. The maximum atomic E-state index is 12.3. The fourth-order valence-electron chi connectivity index (χ4n) is 2.47. The number of ether oxygens (including phenoxy) is 3.